The number of nitrogens with zero attached hydrogens (tertiary/aromatic N) is 1. The molecule has 0 fully saturated rings. The second-order valence-corrected chi connectivity index (χ2v) is 4.35. The van der Waals surface area contributed by atoms with Gasteiger partial charge in [-0.1, -0.05) is 18.2 Å². The highest BCUT2D eigenvalue weighted by atomic mass is 16.3. The summed E-state index contributed by atoms with van der Waals surface area (Å²) in [4.78, 5) is 16.3. The van der Waals surface area contributed by atoms with Crippen LogP contribution in [0.25, 0.3) is 0 Å². The number of aromatic nitrogens is 1. The van der Waals surface area contributed by atoms with Crippen LogP contribution in [0.15, 0.2) is 42.6 Å². The Morgan fingerprint density at radius 3 is 2.68 bits per heavy atom. The molecule has 0 saturated heterocycles. The van der Waals surface area contributed by atoms with Crippen LogP contribution in [0.1, 0.15) is 34.6 Å². The first-order chi connectivity index (χ1) is 9.09. The normalized spacial score (nSPS) is 11.9. The van der Waals surface area contributed by atoms with Gasteiger partial charge < -0.3 is 10.4 Å². The van der Waals surface area contributed by atoms with E-state index in [0.29, 0.717) is 22.5 Å². The number of amides is 1. The number of hydrogen-bond acceptors (Lipinski definition) is 3. The first-order valence-electron chi connectivity index (χ1n) is 6.09. The van der Waals surface area contributed by atoms with Gasteiger partial charge in [0.1, 0.15) is 0 Å². The van der Waals surface area contributed by atoms with E-state index in [1.54, 1.807) is 44.3 Å². The van der Waals surface area contributed by atoms with Crippen LogP contribution in [0.5, 0.6) is 0 Å². The van der Waals surface area contributed by atoms with Gasteiger partial charge in [0.15, 0.2) is 0 Å². The molecule has 4 nitrogen and oxygen atoms in total. The van der Waals surface area contributed by atoms with Crippen LogP contribution in [-0.4, -0.2) is 16.0 Å². The number of carbonyl (C=O) groups excluding carboxylic acids is 1. The number of rotatable bonds is 3. The summed E-state index contributed by atoms with van der Waals surface area (Å²) in [5.74, 6) is -0.223. The van der Waals surface area contributed by atoms with Crippen LogP contribution in [0.2, 0.25) is 0 Å². The molecule has 2 aromatic rings. The number of para-hydroxylation sites is 1. The van der Waals surface area contributed by atoms with Gasteiger partial charge in [0, 0.05) is 23.1 Å². The van der Waals surface area contributed by atoms with Crippen LogP contribution in [-0.2, 0) is 0 Å². The molecule has 19 heavy (non-hydrogen) atoms. The number of aryl methyl sites for hydroxylation is 1. The highest BCUT2D eigenvalue weighted by Crippen LogP contribution is 2.22. The summed E-state index contributed by atoms with van der Waals surface area (Å²) < 4.78 is 0. The van der Waals surface area contributed by atoms with Gasteiger partial charge in [-0.05, 0) is 32.0 Å². The zero-order valence-corrected chi connectivity index (χ0v) is 10.9. The number of pyridine rings is 1. The number of nitrogens with one attached hydrogen (secondary N) is 1. The van der Waals surface area contributed by atoms with E-state index in [0.717, 1.165) is 0 Å². The number of aliphatic hydroxyl groups excluding tert-OH is 1. The van der Waals surface area contributed by atoms with Crippen molar-refractivity contribution in [2.75, 3.05) is 5.32 Å². The maximum Gasteiger partial charge on any atom is 0.257 e. The second-order valence-electron chi connectivity index (χ2n) is 4.35. The zero-order chi connectivity index (χ0) is 13.8. The molecular weight excluding hydrogens is 240 g/mol. The molecular formula is C15H16N2O2. The molecule has 98 valence electrons. The van der Waals surface area contributed by atoms with E-state index in [1.165, 1.54) is 0 Å². The molecule has 0 saturated carbocycles. The lowest BCUT2D eigenvalue weighted by atomic mass is 10.1. The summed E-state index contributed by atoms with van der Waals surface area (Å²) in [6.07, 6.45) is 1.02. The lowest BCUT2D eigenvalue weighted by molar-refractivity contribution is 0.102. The van der Waals surface area contributed by atoms with Crippen molar-refractivity contribution in [3.8, 4) is 0 Å². The van der Waals surface area contributed by atoms with Crippen molar-refractivity contribution in [3.63, 3.8) is 0 Å². The van der Waals surface area contributed by atoms with E-state index in [1.807, 2.05) is 12.1 Å². The van der Waals surface area contributed by atoms with Gasteiger partial charge in [-0.25, -0.2) is 0 Å². The van der Waals surface area contributed by atoms with Crippen LogP contribution in [0.3, 0.4) is 0 Å². The third kappa shape index (κ3) is 2.98. The van der Waals surface area contributed by atoms with Gasteiger partial charge in [-0.3, -0.25) is 9.78 Å². The molecule has 1 aromatic heterocycles. The molecule has 2 N–H and O–H groups in total. The quantitative estimate of drug-likeness (QED) is 0.887. The number of benzene rings is 1. The maximum absolute atomic E-state index is 12.2. The number of aliphatic hydroxyl groups is 1. The Hall–Kier alpha value is -2.20. The Bertz CT molecular complexity index is 594. The minimum Gasteiger partial charge on any atom is -0.389 e. The molecule has 1 heterocycles. The summed E-state index contributed by atoms with van der Waals surface area (Å²) in [5, 5.41) is 12.5. The Labute approximate surface area is 112 Å². The van der Waals surface area contributed by atoms with Crippen molar-refractivity contribution < 1.29 is 9.90 Å². The van der Waals surface area contributed by atoms with E-state index in [-0.39, 0.29) is 5.91 Å². The predicted octanol–water partition coefficient (Wildman–Crippen LogP) is 2.70. The summed E-state index contributed by atoms with van der Waals surface area (Å²) in [6.45, 7) is 3.45. The van der Waals surface area contributed by atoms with Crippen molar-refractivity contribution in [2.45, 2.75) is 20.0 Å². The topological polar surface area (TPSA) is 62.2 Å². The summed E-state index contributed by atoms with van der Waals surface area (Å²) in [7, 11) is 0. The highest BCUT2D eigenvalue weighted by molar-refractivity contribution is 6.05. The average Bonchev–Trinajstić information content (AvgIpc) is 2.39. The zero-order valence-electron chi connectivity index (χ0n) is 10.9. The first kappa shape index (κ1) is 13.2. The average molecular weight is 256 g/mol. The van der Waals surface area contributed by atoms with Gasteiger partial charge in [-0.15, -0.1) is 0 Å². The van der Waals surface area contributed by atoms with E-state index >= 15 is 0 Å². The Morgan fingerprint density at radius 1 is 1.26 bits per heavy atom. The van der Waals surface area contributed by atoms with Gasteiger partial charge in [0.05, 0.1) is 11.7 Å². The minimum atomic E-state index is -0.633. The third-order valence-electron chi connectivity index (χ3n) is 2.91. The lowest BCUT2D eigenvalue weighted by Gasteiger charge is -2.13. The molecule has 2 rings (SSSR count). The smallest absolute Gasteiger partial charge is 0.257 e. The molecule has 0 bridgehead atoms. The van der Waals surface area contributed by atoms with Crippen LogP contribution >= 0.6 is 0 Å². The van der Waals surface area contributed by atoms with Crippen molar-refractivity contribution >= 4 is 11.6 Å². The Morgan fingerprint density at radius 2 is 2.00 bits per heavy atom. The number of anilines is 1. The summed E-state index contributed by atoms with van der Waals surface area (Å²) in [6, 6.07) is 10.7. The van der Waals surface area contributed by atoms with Crippen molar-refractivity contribution in [3.05, 3.63) is 59.4 Å². The minimum absolute atomic E-state index is 0.223. The fourth-order valence-electron chi connectivity index (χ4n) is 1.89. The second kappa shape index (κ2) is 5.63. The number of hydrogen-bond donors (Lipinski definition) is 2. The van der Waals surface area contributed by atoms with Gasteiger partial charge >= 0.3 is 0 Å². The molecule has 1 atom stereocenters. The Kier molecular flexibility index (Phi) is 3.92. The molecule has 4 heteroatoms. The molecule has 1 amide bonds. The largest absolute Gasteiger partial charge is 0.389 e. The van der Waals surface area contributed by atoms with Crippen molar-refractivity contribution in [1.82, 2.24) is 4.98 Å². The molecule has 0 spiro atoms. The lowest BCUT2D eigenvalue weighted by Crippen LogP contribution is -2.15. The van der Waals surface area contributed by atoms with Gasteiger partial charge in [-0.2, -0.15) is 0 Å². The molecule has 0 aliphatic rings. The highest BCUT2D eigenvalue weighted by Gasteiger charge is 2.13. The monoisotopic (exact) mass is 256 g/mol. The van der Waals surface area contributed by atoms with E-state index in [4.69, 9.17) is 0 Å². The van der Waals surface area contributed by atoms with E-state index in [9.17, 15) is 9.90 Å². The van der Waals surface area contributed by atoms with Crippen LogP contribution in [0, 0.1) is 6.92 Å². The molecule has 0 radical (unpaired) electrons. The Balaban J connectivity index is 2.27. The van der Waals surface area contributed by atoms with Crippen molar-refractivity contribution in [1.29, 1.82) is 0 Å². The first-order valence-corrected chi connectivity index (χ1v) is 6.09. The fraction of sp³-hybridized carbons (Fsp3) is 0.200. The van der Waals surface area contributed by atoms with Gasteiger partial charge in [0.25, 0.3) is 5.91 Å². The summed E-state index contributed by atoms with van der Waals surface area (Å²) in [5.41, 5.74) is 2.51. The third-order valence-corrected chi connectivity index (χ3v) is 2.91. The molecule has 0 aliphatic carbocycles. The number of carbonyl (C=O) groups is 1. The van der Waals surface area contributed by atoms with Crippen LogP contribution in [0.4, 0.5) is 5.69 Å². The summed E-state index contributed by atoms with van der Waals surface area (Å²) >= 11 is 0. The van der Waals surface area contributed by atoms with Gasteiger partial charge in [0.2, 0.25) is 0 Å². The molecule has 1 aromatic carbocycles. The maximum atomic E-state index is 12.2. The molecule has 1 unspecified atom stereocenters. The fourth-order valence-corrected chi connectivity index (χ4v) is 1.89. The molecule has 0 aliphatic heterocycles. The standard InChI is InChI=1S/C15H16N2O2/c1-10-12(7-5-9-16-10)15(19)17-14-8-4-3-6-13(14)11(2)18/h3-9,11,18H,1-2H3,(H,17,19). The van der Waals surface area contributed by atoms with E-state index in [2.05, 4.69) is 10.3 Å². The predicted molar refractivity (Wildman–Crippen MR) is 74.0 cm³/mol. The van der Waals surface area contributed by atoms with Crippen molar-refractivity contribution in [2.24, 2.45) is 0 Å². The SMILES string of the molecule is Cc1ncccc1C(=O)Nc1ccccc1C(C)O. The van der Waals surface area contributed by atoms with Crippen LogP contribution < -0.4 is 5.32 Å². The van der Waals surface area contributed by atoms with E-state index < -0.39 is 6.10 Å².